The summed E-state index contributed by atoms with van der Waals surface area (Å²) in [5.41, 5.74) is 3.37. The maximum atomic E-state index is 11.8. The molecule has 0 aliphatic rings. The molecule has 0 saturated carbocycles. The molecular weight excluding hydrogens is 370 g/mol. The molecule has 0 atom stereocenters. The van der Waals surface area contributed by atoms with Gasteiger partial charge in [-0.3, -0.25) is 10.3 Å². The predicted octanol–water partition coefficient (Wildman–Crippen LogP) is 5.64. The number of halogens is 1. The van der Waals surface area contributed by atoms with Gasteiger partial charge in [-0.25, -0.2) is 4.79 Å². The summed E-state index contributed by atoms with van der Waals surface area (Å²) in [7, 11) is 0. The second-order valence-corrected chi connectivity index (χ2v) is 7.21. The van der Waals surface area contributed by atoms with Crippen molar-refractivity contribution in [3.63, 3.8) is 0 Å². The molecule has 26 heavy (non-hydrogen) atoms. The molecule has 0 fully saturated rings. The highest BCUT2D eigenvalue weighted by Crippen LogP contribution is 2.31. The van der Waals surface area contributed by atoms with Crippen molar-refractivity contribution in [2.75, 3.05) is 17.2 Å². The SMILES string of the molecule is CCOC(=O)Nc1ccc(NCc2ccc(Cl)s2)cc1-c1cccnc1. The van der Waals surface area contributed by atoms with E-state index >= 15 is 0 Å². The standard InChI is InChI=1S/C19H18ClN3O2S/c1-2-25-19(24)23-17-7-5-14(22-12-15-6-8-18(20)26-15)10-16(17)13-4-3-9-21-11-13/h3-11,22H,2,12H2,1H3,(H,23,24). The van der Waals surface area contributed by atoms with E-state index in [0.29, 0.717) is 18.8 Å². The average Bonchev–Trinajstić information content (AvgIpc) is 3.07. The van der Waals surface area contributed by atoms with Crippen molar-refractivity contribution >= 4 is 40.4 Å². The van der Waals surface area contributed by atoms with Crippen LogP contribution in [0.1, 0.15) is 11.8 Å². The third-order valence-electron chi connectivity index (χ3n) is 3.60. The van der Waals surface area contributed by atoms with Crippen LogP contribution in [0.5, 0.6) is 0 Å². The van der Waals surface area contributed by atoms with Crippen molar-refractivity contribution in [2.24, 2.45) is 0 Å². The van der Waals surface area contributed by atoms with Gasteiger partial charge in [-0.15, -0.1) is 11.3 Å². The van der Waals surface area contributed by atoms with E-state index in [1.165, 1.54) is 0 Å². The first-order valence-corrected chi connectivity index (χ1v) is 9.31. The Morgan fingerprint density at radius 1 is 1.27 bits per heavy atom. The second-order valence-electron chi connectivity index (χ2n) is 5.41. The summed E-state index contributed by atoms with van der Waals surface area (Å²) >= 11 is 7.52. The first-order valence-electron chi connectivity index (χ1n) is 8.12. The van der Waals surface area contributed by atoms with Gasteiger partial charge in [0.05, 0.1) is 16.6 Å². The van der Waals surface area contributed by atoms with Crippen LogP contribution in [0, 0.1) is 0 Å². The van der Waals surface area contributed by atoms with Gasteiger partial charge >= 0.3 is 6.09 Å². The van der Waals surface area contributed by atoms with Crippen molar-refractivity contribution < 1.29 is 9.53 Å². The van der Waals surface area contributed by atoms with Gasteiger partial charge in [0, 0.05) is 40.6 Å². The number of hydrogen-bond donors (Lipinski definition) is 2. The molecule has 1 aromatic carbocycles. The highest BCUT2D eigenvalue weighted by molar-refractivity contribution is 7.16. The molecule has 5 nitrogen and oxygen atoms in total. The van der Waals surface area contributed by atoms with E-state index in [1.54, 1.807) is 30.7 Å². The fraction of sp³-hybridized carbons (Fsp3) is 0.158. The molecule has 134 valence electrons. The Morgan fingerprint density at radius 2 is 2.15 bits per heavy atom. The lowest BCUT2D eigenvalue weighted by atomic mass is 10.0. The summed E-state index contributed by atoms with van der Waals surface area (Å²) < 4.78 is 5.75. The van der Waals surface area contributed by atoms with E-state index in [4.69, 9.17) is 16.3 Å². The Hall–Kier alpha value is -2.57. The normalized spacial score (nSPS) is 10.4. The van der Waals surface area contributed by atoms with Crippen LogP contribution in [0.15, 0.2) is 54.9 Å². The molecule has 0 aliphatic heterocycles. The molecule has 3 aromatic rings. The molecule has 7 heteroatoms. The number of pyridine rings is 1. The van der Waals surface area contributed by atoms with E-state index in [9.17, 15) is 4.79 Å². The van der Waals surface area contributed by atoms with Crippen molar-refractivity contribution in [1.82, 2.24) is 4.98 Å². The molecule has 2 aromatic heterocycles. The average molecular weight is 388 g/mol. The fourth-order valence-corrected chi connectivity index (χ4v) is 3.46. The number of nitrogens with one attached hydrogen (secondary N) is 2. The molecule has 3 rings (SSSR count). The van der Waals surface area contributed by atoms with Crippen molar-refractivity contribution in [3.05, 3.63) is 64.1 Å². The first kappa shape index (κ1) is 18.2. The second kappa shape index (κ2) is 8.69. The van der Waals surface area contributed by atoms with Crippen molar-refractivity contribution in [1.29, 1.82) is 0 Å². The van der Waals surface area contributed by atoms with E-state index in [-0.39, 0.29) is 0 Å². The molecular formula is C19H18ClN3O2S. The van der Waals surface area contributed by atoms with Gasteiger partial charge in [-0.1, -0.05) is 17.7 Å². The number of rotatable bonds is 6. The Bertz CT molecular complexity index is 884. The molecule has 2 N–H and O–H groups in total. The number of aromatic nitrogens is 1. The number of carbonyl (C=O) groups is 1. The summed E-state index contributed by atoms with van der Waals surface area (Å²) in [6.07, 6.45) is 2.99. The summed E-state index contributed by atoms with van der Waals surface area (Å²) in [5, 5.41) is 6.16. The van der Waals surface area contributed by atoms with Crippen LogP contribution in [0.3, 0.4) is 0 Å². The van der Waals surface area contributed by atoms with Crippen LogP contribution in [0.2, 0.25) is 4.34 Å². The maximum Gasteiger partial charge on any atom is 0.411 e. The number of thiophene rings is 1. The molecule has 0 aliphatic carbocycles. The molecule has 2 heterocycles. The van der Waals surface area contributed by atoms with Crippen LogP contribution in [0.4, 0.5) is 16.2 Å². The lowest BCUT2D eigenvalue weighted by Gasteiger charge is -2.14. The van der Waals surface area contributed by atoms with E-state index < -0.39 is 6.09 Å². The smallest absolute Gasteiger partial charge is 0.411 e. The number of benzene rings is 1. The zero-order valence-electron chi connectivity index (χ0n) is 14.2. The van der Waals surface area contributed by atoms with Crippen LogP contribution in [-0.2, 0) is 11.3 Å². The molecule has 0 unspecified atom stereocenters. The molecule has 1 amide bonds. The van der Waals surface area contributed by atoms with Crippen molar-refractivity contribution in [3.8, 4) is 11.1 Å². The monoisotopic (exact) mass is 387 g/mol. The molecule has 0 bridgehead atoms. The Kier molecular flexibility index (Phi) is 6.09. The van der Waals surface area contributed by atoms with Crippen LogP contribution < -0.4 is 10.6 Å². The third-order valence-corrected chi connectivity index (χ3v) is 4.83. The van der Waals surface area contributed by atoms with Crippen molar-refractivity contribution in [2.45, 2.75) is 13.5 Å². The van der Waals surface area contributed by atoms with Gasteiger partial charge in [-0.05, 0) is 43.3 Å². The zero-order chi connectivity index (χ0) is 18.4. The highest BCUT2D eigenvalue weighted by Gasteiger charge is 2.11. The molecule has 0 spiro atoms. The van der Waals surface area contributed by atoms with E-state index in [0.717, 1.165) is 26.0 Å². The minimum Gasteiger partial charge on any atom is -0.450 e. The van der Waals surface area contributed by atoms with Crippen LogP contribution >= 0.6 is 22.9 Å². The lowest BCUT2D eigenvalue weighted by molar-refractivity contribution is 0.168. The Morgan fingerprint density at radius 3 is 2.85 bits per heavy atom. The number of hydrogen-bond acceptors (Lipinski definition) is 5. The Balaban J connectivity index is 1.84. The van der Waals surface area contributed by atoms with Gasteiger partial charge in [0.15, 0.2) is 0 Å². The highest BCUT2D eigenvalue weighted by atomic mass is 35.5. The first-order chi connectivity index (χ1) is 12.7. The largest absolute Gasteiger partial charge is 0.450 e. The third kappa shape index (κ3) is 4.74. The minimum absolute atomic E-state index is 0.317. The number of carbonyl (C=O) groups excluding carboxylic acids is 1. The summed E-state index contributed by atoms with van der Waals surface area (Å²) in [6, 6.07) is 13.4. The summed E-state index contributed by atoms with van der Waals surface area (Å²) in [4.78, 5) is 17.1. The van der Waals surface area contributed by atoms with Gasteiger partial charge in [0.2, 0.25) is 0 Å². The predicted molar refractivity (Wildman–Crippen MR) is 107 cm³/mol. The fourth-order valence-electron chi connectivity index (χ4n) is 2.44. The topological polar surface area (TPSA) is 63.2 Å². The molecule has 0 radical (unpaired) electrons. The maximum absolute atomic E-state index is 11.8. The minimum atomic E-state index is -0.480. The van der Waals surface area contributed by atoms with Gasteiger partial charge in [0.1, 0.15) is 0 Å². The van der Waals surface area contributed by atoms with Crippen LogP contribution in [-0.4, -0.2) is 17.7 Å². The summed E-state index contributed by atoms with van der Waals surface area (Å²) in [5.74, 6) is 0. The van der Waals surface area contributed by atoms with Gasteiger partial charge < -0.3 is 10.1 Å². The summed E-state index contributed by atoms with van der Waals surface area (Å²) in [6.45, 7) is 2.76. The quantitative estimate of drug-likeness (QED) is 0.574. The van der Waals surface area contributed by atoms with E-state index in [2.05, 4.69) is 15.6 Å². The zero-order valence-corrected chi connectivity index (χ0v) is 15.7. The molecule has 0 saturated heterocycles. The number of ether oxygens (including phenoxy) is 1. The van der Waals surface area contributed by atoms with Gasteiger partial charge in [-0.2, -0.15) is 0 Å². The number of amides is 1. The number of nitrogens with zero attached hydrogens (tertiary/aromatic N) is 1. The number of anilines is 2. The lowest BCUT2D eigenvalue weighted by Crippen LogP contribution is -2.14. The van der Waals surface area contributed by atoms with Gasteiger partial charge in [0.25, 0.3) is 0 Å². The Labute approximate surface area is 161 Å². The van der Waals surface area contributed by atoms with Crippen LogP contribution in [0.25, 0.3) is 11.1 Å². The van der Waals surface area contributed by atoms with E-state index in [1.807, 2.05) is 42.5 Å².